The Kier molecular flexibility index (Phi) is 4.32. The number of nitrogens with one attached hydrogen (secondary N) is 1. The van der Waals surface area contributed by atoms with Crippen molar-refractivity contribution in [1.29, 1.82) is 0 Å². The molecule has 1 aromatic carbocycles. The first-order valence-corrected chi connectivity index (χ1v) is 6.45. The molecule has 2 N–H and O–H groups in total. The van der Waals surface area contributed by atoms with Gasteiger partial charge in [-0.1, -0.05) is 0 Å². The number of rotatable bonds is 5. The number of aliphatic carboxylic acids is 1. The molecule has 1 heterocycles. The summed E-state index contributed by atoms with van der Waals surface area (Å²) in [4.78, 5) is 26.6. The van der Waals surface area contributed by atoms with Crippen molar-refractivity contribution in [3.63, 3.8) is 0 Å². The highest BCUT2D eigenvalue weighted by Gasteiger charge is 2.14. The minimum atomic E-state index is -0.943. The molecule has 7 nitrogen and oxygen atoms in total. The molecule has 21 heavy (non-hydrogen) atoms. The van der Waals surface area contributed by atoms with Gasteiger partial charge in [-0.15, -0.1) is 0 Å². The van der Waals surface area contributed by atoms with E-state index >= 15 is 0 Å². The molecule has 1 atom stereocenters. The highest BCUT2D eigenvalue weighted by Crippen LogP contribution is 2.14. The summed E-state index contributed by atoms with van der Waals surface area (Å²) in [7, 11) is 0. The fourth-order valence-electron chi connectivity index (χ4n) is 2.00. The molecule has 0 saturated carbocycles. The second-order valence-electron chi connectivity index (χ2n) is 4.81. The third-order valence-electron chi connectivity index (χ3n) is 3.00. The minimum Gasteiger partial charge on any atom is -0.481 e. The van der Waals surface area contributed by atoms with Crippen LogP contribution in [0.2, 0.25) is 0 Å². The number of aryl methyl sites for hydroxylation is 1. The molecule has 0 radical (unpaired) electrons. The Morgan fingerprint density at radius 1 is 1.43 bits per heavy atom. The zero-order valence-electron chi connectivity index (χ0n) is 11.8. The lowest BCUT2D eigenvalue weighted by atomic mass is 10.1. The van der Waals surface area contributed by atoms with Crippen LogP contribution < -0.4 is 5.32 Å². The lowest BCUT2D eigenvalue weighted by molar-refractivity contribution is -0.137. The van der Waals surface area contributed by atoms with Gasteiger partial charge in [0.05, 0.1) is 12.1 Å². The normalized spacial score (nSPS) is 11.9. The molecule has 2 rings (SSSR count). The van der Waals surface area contributed by atoms with Gasteiger partial charge in [0.25, 0.3) is 5.91 Å². The highest BCUT2D eigenvalue weighted by atomic mass is 16.4. The summed E-state index contributed by atoms with van der Waals surface area (Å²) in [5, 5.41) is 15.4. The fourth-order valence-corrected chi connectivity index (χ4v) is 2.00. The Labute approximate surface area is 121 Å². The molecular weight excluding hydrogens is 272 g/mol. The van der Waals surface area contributed by atoms with E-state index in [0.29, 0.717) is 5.56 Å². The first-order valence-electron chi connectivity index (χ1n) is 6.45. The van der Waals surface area contributed by atoms with Gasteiger partial charge in [0, 0.05) is 11.6 Å². The largest absolute Gasteiger partial charge is 0.481 e. The summed E-state index contributed by atoms with van der Waals surface area (Å²) in [5.74, 6) is -1.23. The van der Waals surface area contributed by atoms with Crippen LogP contribution in [0.3, 0.4) is 0 Å². The maximum atomic E-state index is 12.1. The van der Waals surface area contributed by atoms with Gasteiger partial charge in [-0.05, 0) is 37.6 Å². The second-order valence-corrected chi connectivity index (χ2v) is 4.81. The standard InChI is InChI=1S/C14H16N4O3/c1-9-5-11(18-8-15-7-16-18)3-4-12(9)14(21)17-10(2)6-13(19)20/h3-5,7-8,10H,6H2,1-2H3,(H,17,21)(H,19,20). The van der Waals surface area contributed by atoms with Crippen molar-refractivity contribution in [2.75, 3.05) is 0 Å². The van der Waals surface area contributed by atoms with E-state index in [-0.39, 0.29) is 12.3 Å². The molecule has 1 unspecified atom stereocenters. The summed E-state index contributed by atoms with van der Waals surface area (Å²) in [6, 6.07) is 4.85. The molecule has 0 bridgehead atoms. The van der Waals surface area contributed by atoms with Gasteiger partial charge in [-0.25, -0.2) is 9.67 Å². The van der Waals surface area contributed by atoms with Gasteiger partial charge >= 0.3 is 5.97 Å². The molecule has 7 heteroatoms. The third-order valence-corrected chi connectivity index (χ3v) is 3.00. The SMILES string of the molecule is Cc1cc(-n2cncn2)ccc1C(=O)NC(C)CC(=O)O. The molecule has 0 fully saturated rings. The summed E-state index contributed by atoms with van der Waals surface area (Å²) < 4.78 is 1.60. The monoisotopic (exact) mass is 288 g/mol. The first-order chi connectivity index (χ1) is 9.97. The van der Waals surface area contributed by atoms with Gasteiger partial charge in [0.1, 0.15) is 12.7 Å². The van der Waals surface area contributed by atoms with Gasteiger partial charge in [0.2, 0.25) is 0 Å². The van der Waals surface area contributed by atoms with Crippen molar-refractivity contribution in [1.82, 2.24) is 20.1 Å². The molecule has 0 aliphatic rings. The smallest absolute Gasteiger partial charge is 0.305 e. The van der Waals surface area contributed by atoms with Crippen molar-refractivity contribution >= 4 is 11.9 Å². The predicted octanol–water partition coefficient (Wildman–Crippen LogP) is 1.17. The number of carbonyl (C=O) groups excluding carboxylic acids is 1. The van der Waals surface area contributed by atoms with Crippen LogP contribution in [0, 0.1) is 6.92 Å². The zero-order valence-corrected chi connectivity index (χ0v) is 11.8. The maximum Gasteiger partial charge on any atom is 0.305 e. The summed E-state index contributed by atoms with van der Waals surface area (Å²) >= 11 is 0. The van der Waals surface area contributed by atoms with Crippen LogP contribution in [0.1, 0.15) is 29.3 Å². The Morgan fingerprint density at radius 2 is 2.19 bits per heavy atom. The van der Waals surface area contributed by atoms with E-state index in [1.807, 2.05) is 13.0 Å². The fraction of sp³-hybridized carbons (Fsp3) is 0.286. The van der Waals surface area contributed by atoms with Crippen molar-refractivity contribution in [3.8, 4) is 5.69 Å². The number of amides is 1. The number of carboxylic acid groups (broad SMARTS) is 1. The van der Waals surface area contributed by atoms with E-state index in [9.17, 15) is 9.59 Å². The number of benzene rings is 1. The van der Waals surface area contributed by atoms with Crippen LogP contribution in [0.15, 0.2) is 30.9 Å². The first kappa shape index (κ1) is 14.7. The summed E-state index contributed by atoms with van der Waals surface area (Å²) in [5.41, 5.74) is 2.10. The Balaban J connectivity index is 2.13. The topological polar surface area (TPSA) is 97.1 Å². The lowest BCUT2D eigenvalue weighted by Gasteiger charge is -2.13. The maximum absolute atomic E-state index is 12.1. The highest BCUT2D eigenvalue weighted by molar-refractivity contribution is 5.96. The van der Waals surface area contributed by atoms with Crippen LogP contribution in [0.4, 0.5) is 0 Å². The number of aromatic nitrogens is 3. The van der Waals surface area contributed by atoms with Crippen LogP contribution in [-0.4, -0.2) is 37.8 Å². The van der Waals surface area contributed by atoms with Gasteiger partial charge in [0.15, 0.2) is 0 Å². The van der Waals surface area contributed by atoms with Crippen molar-refractivity contribution in [3.05, 3.63) is 42.0 Å². The number of hydrogen-bond acceptors (Lipinski definition) is 4. The molecular formula is C14H16N4O3. The van der Waals surface area contributed by atoms with E-state index < -0.39 is 12.0 Å². The Hall–Kier alpha value is -2.70. The van der Waals surface area contributed by atoms with E-state index in [2.05, 4.69) is 15.4 Å². The number of carboxylic acids is 1. The number of hydrogen-bond donors (Lipinski definition) is 2. The molecule has 110 valence electrons. The molecule has 0 saturated heterocycles. The quantitative estimate of drug-likeness (QED) is 0.860. The van der Waals surface area contributed by atoms with Crippen molar-refractivity contribution < 1.29 is 14.7 Å². The molecule has 1 amide bonds. The average Bonchev–Trinajstić information content (AvgIpc) is 2.90. The van der Waals surface area contributed by atoms with E-state index in [1.54, 1.807) is 30.1 Å². The Morgan fingerprint density at radius 3 is 2.76 bits per heavy atom. The van der Waals surface area contributed by atoms with Gasteiger partial charge < -0.3 is 10.4 Å². The summed E-state index contributed by atoms with van der Waals surface area (Å²) in [6.07, 6.45) is 2.90. The lowest BCUT2D eigenvalue weighted by Crippen LogP contribution is -2.34. The van der Waals surface area contributed by atoms with Crippen LogP contribution in [0.5, 0.6) is 0 Å². The Bertz CT molecular complexity index is 652. The van der Waals surface area contributed by atoms with Crippen molar-refractivity contribution in [2.45, 2.75) is 26.3 Å². The van der Waals surface area contributed by atoms with E-state index in [0.717, 1.165) is 11.3 Å². The second kappa shape index (κ2) is 6.17. The van der Waals surface area contributed by atoms with Gasteiger partial charge in [-0.2, -0.15) is 5.10 Å². The van der Waals surface area contributed by atoms with Crippen LogP contribution in [-0.2, 0) is 4.79 Å². The van der Waals surface area contributed by atoms with Crippen LogP contribution >= 0.6 is 0 Å². The predicted molar refractivity (Wildman–Crippen MR) is 75.3 cm³/mol. The third kappa shape index (κ3) is 3.65. The number of nitrogens with zero attached hydrogens (tertiary/aromatic N) is 3. The molecule has 2 aromatic rings. The number of carbonyl (C=O) groups is 2. The summed E-state index contributed by atoms with van der Waals surface area (Å²) in [6.45, 7) is 3.47. The van der Waals surface area contributed by atoms with E-state index in [1.165, 1.54) is 6.33 Å². The van der Waals surface area contributed by atoms with Crippen LogP contribution in [0.25, 0.3) is 5.69 Å². The molecule has 0 aliphatic carbocycles. The van der Waals surface area contributed by atoms with E-state index in [4.69, 9.17) is 5.11 Å². The molecule has 0 spiro atoms. The average molecular weight is 288 g/mol. The molecule has 0 aliphatic heterocycles. The molecule has 1 aromatic heterocycles. The van der Waals surface area contributed by atoms with Crippen molar-refractivity contribution in [2.24, 2.45) is 0 Å². The minimum absolute atomic E-state index is 0.109. The van der Waals surface area contributed by atoms with Gasteiger partial charge in [-0.3, -0.25) is 9.59 Å². The zero-order chi connectivity index (χ0) is 15.4.